The fraction of sp³-hybridized carbons (Fsp3) is 0.0333. The van der Waals surface area contributed by atoms with Crippen molar-refractivity contribution in [3.63, 3.8) is 0 Å². The summed E-state index contributed by atoms with van der Waals surface area (Å²) in [6.07, 6.45) is 0. The molecule has 0 radical (unpaired) electrons. The van der Waals surface area contributed by atoms with Gasteiger partial charge >= 0.3 is 0 Å². The smallest absolute Gasteiger partial charge is 0.160 e. The quantitative estimate of drug-likeness (QED) is 0.161. The normalized spacial score (nSPS) is 11.6. The van der Waals surface area contributed by atoms with Crippen molar-refractivity contribution >= 4 is 43.6 Å². The van der Waals surface area contributed by atoms with Crippen LogP contribution in [-0.2, 0) is 0 Å². The van der Waals surface area contributed by atoms with E-state index in [0.29, 0.717) is 5.82 Å². The number of fused-ring (bicyclic) bond motifs is 6. The van der Waals surface area contributed by atoms with E-state index in [1.807, 2.05) is 6.07 Å². The predicted octanol–water partition coefficient (Wildman–Crippen LogP) is 15.6. The number of rotatable bonds is 7. The van der Waals surface area contributed by atoms with E-state index in [-0.39, 0.29) is 0 Å². The fourth-order valence-corrected chi connectivity index (χ4v) is 9.97. The van der Waals surface area contributed by atoms with Crippen LogP contribution in [0, 0.1) is 13.8 Å². The lowest BCUT2D eigenvalue weighted by molar-refractivity contribution is 1.13. The Morgan fingerprint density at radius 1 is 0.312 bits per heavy atom. The maximum atomic E-state index is 5.54. The van der Waals surface area contributed by atoms with Crippen LogP contribution in [0.1, 0.15) is 11.1 Å². The summed E-state index contributed by atoms with van der Waals surface area (Å²) < 4.78 is 4.95. The average molecular weight is 819 g/mol. The summed E-state index contributed by atoms with van der Waals surface area (Å²) in [5.41, 5.74) is 18.4. The molecule has 0 saturated carbocycles. The van der Waals surface area contributed by atoms with Crippen LogP contribution in [0.25, 0.3) is 111 Å². The first kappa shape index (κ1) is 37.4. The van der Waals surface area contributed by atoms with Gasteiger partial charge in [0.15, 0.2) is 5.82 Å². The number of benzene rings is 9. The molecule has 0 aliphatic heterocycles. The molecule has 0 atom stereocenters. The highest BCUT2D eigenvalue weighted by Crippen LogP contribution is 2.45. The number of aryl methyl sites for hydroxylation is 2. The minimum atomic E-state index is 0.664. The minimum absolute atomic E-state index is 0.664. The number of aromatic nitrogens is 4. The number of hydrogen-bond acceptors (Lipinski definition) is 2. The molecule has 0 spiro atoms. The monoisotopic (exact) mass is 818 g/mol. The molecule has 0 amide bonds. The van der Waals surface area contributed by atoms with Gasteiger partial charge in [-0.25, -0.2) is 9.97 Å². The van der Waals surface area contributed by atoms with Gasteiger partial charge in [-0.15, -0.1) is 0 Å². The van der Waals surface area contributed by atoms with E-state index < -0.39 is 0 Å². The maximum absolute atomic E-state index is 5.54. The minimum Gasteiger partial charge on any atom is -0.308 e. The molecule has 12 aromatic rings. The molecule has 0 fully saturated rings. The van der Waals surface area contributed by atoms with Crippen LogP contribution in [-0.4, -0.2) is 19.1 Å². The van der Waals surface area contributed by atoms with Crippen molar-refractivity contribution in [3.8, 4) is 67.5 Å². The Hall–Kier alpha value is -8.34. The van der Waals surface area contributed by atoms with Crippen LogP contribution in [0.5, 0.6) is 0 Å². The first-order valence-corrected chi connectivity index (χ1v) is 21.9. The van der Waals surface area contributed by atoms with Gasteiger partial charge in [-0.3, -0.25) is 0 Å². The lowest BCUT2D eigenvalue weighted by atomic mass is 9.95. The van der Waals surface area contributed by atoms with Gasteiger partial charge in [0, 0.05) is 49.4 Å². The third-order valence-electron chi connectivity index (χ3n) is 12.8. The van der Waals surface area contributed by atoms with Gasteiger partial charge in [-0.2, -0.15) is 0 Å². The summed E-state index contributed by atoms with van der Waals surface area (Å²) in [5, 5.41) is 4.88. The van der Waals surface area contributed by atoms with E-state index in [4.69, 9.17) is 9.97 Å². The number of para-hydroxylation sites is 6. The third-order valence-corrected chi connectivity index (χ3v) is 12.8. The third kappa shape index (κ3) is 5.99. The molecule has 0 aliphatic carbocycles. The van der Waals surface area contributed by atoms with Crippen LogP contribution < -0.4 is 0 Å². The second kappa shape index (κ2) is 15.2. The molecule has 3 heterocycles. The lowest BCUT2D eigenvalue weighted by Crippen LogP contribution is -2.05. The zero-order chi connectivity index (χ0) is 42.7. The van der Waals surface area contributed by atoms with Crippen molar-refractivity contribution in [2.24, 2.45) is 0 Å². The zero-order valence-electron chi connectivity index (χ0n) is 35.6. The van der Waals surface area contributed by atoms with Crippen molar-refractivity contribution in [2.45, 2.75) is 13.8 Å². The first-order chi connectivity index (χ1) is 31.6. The first-order valence-electron chi connectivity index (χ1n) is 21.9. The van der Waals surface area contributed by atoms with Gasteiger partial charge in [-0.05, 0) is 54.3 Å². The molecule has 0 N–H and O–H groups in total. The second-order valence-electron chi connectivity index (χ2n) is 16.6. The Balaban J connectivity index is 1.22. The van der Waals surface area contributed by atoms with Crippen LogP contribution in [0.3, 0.4) is 0 Å². The predicted molar refractivity (Wildman–Crippen MR) is 267 cm³/mol. The lowest BCUT2D eigenvalue weighted by Gasteiger charge is -2.21. The number of hydrogen-bond donors (Lipinski definition) is 0. The van der Waals surface area contributed by atoms with E-state index in [0.717, 1.165) is 72.7 Å². The van der Waals surface area contributed by atoms with Crippen LogP contribution in [0.15, 0.2) is 218 Å². The largest absolute Gasteiger partial charge is 0.308 e. The fourth-order valence-electron chi connectivity index (χ4n) is 9.97. The molecule has 9 aromatic carbocycles. The summed E-state index contributed by atoms with van der Waals surface area (Å²) in [6.45, 7) is 4.44. The SMILES string of the molecule is Cc1cccc2c3ccccc3n(-c3c(-c4ccccc4)cccc3-c3cc(-c4cccc(-c5ccccc5)c4-n4c5ccccc5c5cccc(C)c54)nc(-c4ccccc4)n3)c12. The molecular weight excluding hydrogens is 777 g/mol. The Morgan fingerprint density at radius 3 is 1.12 bits per heavy atom. The topological polar surface area (TPSA) is 35.6 Å². The van der Waals surface area contributed by atoms with Crippen molar-refractivity contribution < 1.29 is 0 Å². The molecule has 0 unspecified atom stereocenters. The van der Waals surface area contributed by atoms with Gasteiger partial charge in [0.1, 0.15) is 0 Å². The van der Waals surface area contributed by atoms with Crippen molar-refractivity contribution in [3.05, 3.63) is 230 Å². The standard InChI is InChI=1S/C60H42N4/c1-39-20-16-32-48-46-28-12-14-36-54(46)63(56(39)48)58-44(41-22-6-3-7-23-41)30-18-34-50(58)52-38-53(62-60(61-52)43-26-10-5-11-27-43)51-35-19-31-45(42-24-8-4-9-25-42)59(51)64-55-37-15-13-29-47(55)49-33-17-21-40(2)57(49)64/h3-38H,1-2H3. The molecule has 4 nitrogen and oxygen atoms in total. The Labute approximate surface area is 372 Å². The highest BCUT2D eigenvalue weighted by atomic mass is 15.0. The summed E-state index contributed by atoms with van der Waals surface area (Å²) in [6, 6.07) is 78.2. The summed E-state index contributed by atoms with van der Waals surface area (Å²) in [5.74, 6) is 0.664. The van der Waals surface area contributed by atoms with E-state index in [1.54, 1.807) is 0 Å². The zero-order valence-corrected chi connectivity index (χ0v) is 35.6. The van der Waals surface area contributed by atoms with Crippen LogP contribution >= 0.6 is 0 Å². The average Bonchev–Trinajstić information content (AvgIpc) is 3.88. The Kier molecular flexibility index (Phi) is 8.91. The molecule has 12 rings (SSSR count). The van der Waals surface area contributed by atoms with E-state index in [1.165, 1.54) is 43.7 Å². The number of nitrogens with zero attached hydrogens (tertiary/aromatic N) is 4. The summed E-state index contributed by atoms with van der Waals surface area (Å²) in [7, 11) is 0. The highest BCUT2D eigenvalue weighted by Gasteiger charge is 2.25. The molecular formula is C60H42N4. The molecule has 64 heavy (non-hydrogen) atoms. The van der Waals surface area contributed by atoms with E-state index in [9.17, 15) is 0 Å². The molecule has 302 valence electrons. The maximum Gasteiger partial charge on any atom is 0.160 e. The van der Waals surface area contributed by atoms with Gasteiger partial charge < -0.3 is 9.13 Å². The van der Waals surface area contributed by atoms with Crippen LogP contribution in [0.2, 0.25) is 0 Å². The van der Waals surface area contributed by atoms with Crippen molar-refractivity contribution in [1.82, 2.24) is 19.1 Å². The Bertz CT molecular complexity index is 3510. The van der Waals surface area contributed by atoms with Crippen molar-refractivity contribution in [2.75, 3.05) is 0 Å². The van der Waals surface area contributed by atoms with Gasteiger partial charge in [-0.1, -0.05) is 200 Å². The van der Waals surface area contributed by atoms with Crippen LogP contribution in [0.4, 0.5) is 0 Å². The molecule has 0 aliphatic rings. The van der Waals surface area contributed by atoms with Crippen molar-refractivity contribution in [1.29, 1.82) is 0 Å². The molecule has 0 saturated heterocycles. The molecule has 3 aromatic heterocycles. The van der Waals surface area contributed by atoms with Gasteiger partial charge in [0.2, 0.25) is 0 Å². The molecule has 4 heteroatoms. The van der Waals surface area contributed by atoms with E-state index in [2.05, 4.69) is 235 Å². The Morgan fingerprint density at radius 2 is 0.672 bits per heavy atom. The highest BCUT2D eigenvalue weighted by molar-refractivity contribution is 6.13. The van der Waals surface area contributed by atoms with Gasteiger partial charge in [0.05, 0.1) is 44.8 Å². The molecule has 0 bridgehead atoms. The second-order valence-corrected chi connectivity index (χ2v) is 16.6. The summed E-state index contributed by atoms with van der Waals surface area (Å²) in [4.78, 5) is 11.1. The van der Waals surface area contributed by atoms with Gasteiger partial charge in [0.25, 0.3) is 0 Å². The summed E-state index contributed by atoms with van der Waals surface area (Å²) >= 11 is 0. The van der Waals surface area contributed by atoms with E-state index >= 15 is 0 Å².